The summed E-state index contributed by atoms with van der Waals surface area (Å²) < 4.78 is 15.9. The van der Waals surface area contributed by atoms with Crippen LogP contribution in [-0.4, -0.2) is 38.2 Å². The van der Waals surface area contributed by atoms with Gasteiger partial charge in [0.05, 0.1) is 25.9 Å². The normalized spacial score (nSPS) is 15.5. The second-order valence-corrected chi connectivity index (χ2v) is 6.70. The highest BCUT2D eigenvalue weighted by molar-refractivity contribution is 9.10. The van der Waals surface area contributed by atoms with Gasteiger partial charge in [-0.05, 0) is 53.7 Å². The molecule has 0 unspecified atom stereocenters. The quantitative estimate of drug-likeness (QED) is 0.693. The van der Waals surface area contributed by atoms with Gasteiger partial charge in [0.25, 0.3) is 5.91 Å². The number of carbonyl (C=O) groups excluding carboxylic acids is 2. The molecule has 0 saturated heterocycles. The number of nitriles is 1. The fraction of sp³-hybridized carbons (Fsp3) is 0.471. The van der Waals surface area contributed by atoms with Crippen molar-refractivity contribution in [2.45, 2.75) is 25.3 Å². The summed E-state index contributed by atoms with van der Waals surface area (Å²) in [7, 11) is 2.92. The highest BCUT2D eigenvalue weighted by Gasteiger charge is 2.43. The van der Waals surface area contributed by atoms with Gasteiger partial charge in [-0.15, -0.1) is 0 Å². The molecule has 2 rings (SSSR count). The molecular formula is C17H19BrN2O5. The van der Waals surface area contributed by atoms with Crippen molar-refractivity contribution in [1.82, 2.24) is 5.32 Å². The van der Waals surface area contributed by atoms with Gasteiger partial charge in [0.1, 0.15) is 21.5 Å². The molecule has 0 aliphatic heterocycles. The maximum atomic E-state index is 12.2. The molecule has 0 radical (unpaired) electrons. The van der Waals surface area contributed by atoms with E-state index in [0.717, 1.165) is 12.8 Å². The van der Waals surface area contributed by atoms with E-state index in [1.807, 2.05) is 0 Å². The molecule has 1 N–H and O–H groups in total. The first-order valence-corrected chi connectivity index (χ1v) is 8.44. The molecule has 0 heterocycles. The Kier molecular flexibility index (Phi) is 5.90. The number of benzene rings is 1. The highest BCUT2D eigenvalue weighted by atomic mass is 79.9. The SMILES string of the molecule is COc1cc(C(=O)OCC(=O)N[C@](C)(C#N)C2CC2)cc(OC)c1Br. The van der Waals surface area contributed by atoms with Gasteiger partial charge in [0, 0.05) is 0 Å². The minimum absolute atomic E-state index is 0.150. The second-order valence-electron chi connectivity index (χ2n) is 5.91. The molecule has 1 amide bonds. The Morgan fingerprint density at radius 2 is 1.88 bits per heavy atom. The van der Waals surface area contributed by atoms with Crippen molar-refractivity contribution < 1.29 is 23.8 Å². The third-order valence-corrected chi connectivity index (χ3v) is 4.82. The predicted molar refractivity (Wildman–Crippen MR) is 92.4 cm³/mol. The minimum Gasteiger partial charge on any atom is -0.495 e. The van der Waals surface area contributed by atoms with Gasteiger partial charge in [-0.25, -0.2) is 4.79 Å². The van der Waals surface area contributed by atoms with Crippen LogP contribution in [-0.2, 0) is 9.53 Å². The topological polar surface area (TPSA) is 97.6 Å². The number of halogens is 1. The van der Waals surface area contributed by atoms with Crippen LogP contribution in [0.25, 0.3) is 0 Å². The van der Waals surface area contributed by atoms with Gasteiger partial charge in [0.2, 0.25) is 0 Å². The lowest BCUT2D eigenvalue weighted by molar-refractivity contribution is -0.125. The van der Waals surface area contributed by atoms with E-state index in [2.05, 4.69) is 27.3 Å². The van der Waals surface area contributed by atoms with Crippen molar-refractivity contribution in [2.24, 2.45) is 5.92 Å². The molecule has 1 fully saturated rings. The first-order chi connectivity index (χ1) is 11.8. The third kappa shape index (κ3) is 4.42. The third-order valence-electron chi connectivity index (χ3n) is 4.04. The molecule has 0 bridgehead atoms. The Labute approximate surface area is 154 Å². The summed E-state index contributed by atoms with van der Waals surface area (Å²) in [5.74, 6) is -0.245. The summed E-state index contributed by atoms with van der Waals surface area (Å²) >= 11 is 3.31. The van der Waals surface area contributed by atoms with Crippen LogP contribution in [0.5, 0.6) is 11.5 Å². The Hall–Kier alpha value is -2.27. The number of hydrogen-bond acceptors (Lipinski definition) is 6. The summed E-state index contributed by atoms with van der Waals surface area (Å²) in [5, 5.41) is 11.9. The van der Waals surface area contributed by atoms with Crippen LogP contribution in [0.3, 0.4) is 0 Å². The van der Waals surface area contributed by atoms with E-state index in [0.29, 0.717) is 16.0 Å². The van der Waals surface area contributed by atoms with E-state index in [4.69, 9.17) is 14.2 Å². The number of ether oxygens (including phenoxy) is 3. The van der Waals surface area contributed by atoms with E-state index in [9.17, 15) is 14.9 Å². The fourth-order valence-electron chi connectivity index (χ4n) is 2.41. The van der Waals surface area contributed by atoms with Crippen molar-refractivity contribution in [3.63, 3.8) is 0 Å². The van der Waals surface area contributed by atoms with Crippen LogP contribution >= 0.6 is 15.9 Å². The summed E-state index contributed by atoms with van der Waals surface area (Å²) in [5.41, 5.74) is -0.733. The summed E-state index contributed by atoms with van der Waals surface area (Å²) in [6.07, 6.45) is 1.81. The molecule has 1 saturated carbocycles. The average molecular weight is 411 g/mol. The molecular weight excluding hydrogens is 392 g/mol. The van der Waals surface area contributed by atoms with Crippen molar-refractivity contribution in [3.05, 3.63) is 22.2 Å². The van der Waals surface area contributed by atoms with E-state index < -0.39 is 24.0 Å². The lowest BCUT2D eigenvalue weighted by Gasteiger charge is -2.22. The van der Waals surface area contributed by atoms with Crippen LogP contribution in [0.15, 0.2) is 16.6 Å². The number of nitrogens with zero attached hydrogens (tertiary/aromatic N) is 1. The molecule has 134 valence electrons. The Morgan fingerprint density at radius 1 is 1.32 bits per heavy atom. The van der Waals surface area contributed by atoms with Crippen LogP contribution < -0.4 is 14.8 Å². The summed E-state index contributed by atoms with van der Waals surface area (Å²) in [6, 6.07) is 5.08. The fourth-order valence-corrected chi connectivity index (χ4v) is 2.96. The Balaban J connectivity index is 2.00. The van der Waals surface area contributed by atoms with Crippen LogP contribution in [0.1, 0.15) is 30.1 Å². The van der Waals surface area contributed by atoms with Gasteiger partial charge >= 0.3 is 5.97 Å². The van der Waals surface area contributed by atoms with Gasteiger partial charge in [-0.2, -0.15) is 5.26 Å². The van der Waals surface area contributed by atoms with Crippen LogP contribution in [0, 0.1) is 17.2 Å². The maximum Gasteiger partial charge on any atom is 0.338 e. The molecule has 1 aromatic rings. The summed E-state index contributed by atoms with van der Waals surface area (Å²) in [6.45, 7) is 1.21. The van der Waals surface area contributed by atoms with Gasteiger partial charge < -0.3 is 19.5 Å². The number of nitrogens with one attached hydrogen (secondary N) is 1. The lowest BCUT2D eigenvalue weighted by atomic mass is 9.98. The van der Waals surface area contributed by atoms with E-state index >= 15 is 0 Å². The van der Waals surface area contributed by atoms with E-state index in [-0.39, 0.29) is 11.5 Å². The standard InChI is InChI=1S/C17H19BrN2O5/c1-17(9-19,11-4-5-11)20-14(21)8-25-16(22)10-6-12(23-2)15(18)13(7-10)24-3/h6-7,11H,4-5,8H2,1-3H3,(H,20,21)/t17-/m1/s1. The molecule has 1 atom stereocenters. The van der Waals surface area contributed by atoms with Crippen molar-refractivity contribution in [1.29, 1.82) is 5.26 Å². The van der Waals surface area contributed by atoms with Crippen molar-refractivity contribution in [2.75, 3.05) is 20.8 Å². The maximum absolute atomic E-state index is 12.2. The molecule has 0 aromatic heterocycles. The first-order valence-electron chi connectivity index (χ1n) is 7.65. The van der Waals surface area contributed by atoms with Crippen molar-refractivity contribution in [3.8, 4) is 17.6 Å². The number of methoxy groups -OCH3 is 2. The van der Waals surface area contributed by atoms with E-state index in [1.54, 1.807) is 6.92 Å². The summed E-state index contributed by atoms with van der Waals surface area (Å²) in [4.78, 5) is 24.2. The van der Waals surface area contributed by atoms with Crippen LogP contribution in [0.2, 0.25) is 0 Å². The Morgan fingerprint density at radius 3 is 2.32 bits per heavy atom. The number of esters is 1. The van der Waals surface area contributed by atoms with Gasteiger partial charge in [-0.3, -0.25) is 4.79 Å². The van der Waals surface area contributed by atoms with Crippen LogP contribution in [0.4, 0.5) is 0 Å². The molecule has 1 aliphatic carbocycles. The Bertz CT molecular complexity index is 701. The minimum atomic E-state index is -0.923. The number of hydrogen-bond donors (Lipinski definition) is 1. The monoisotopic (exact) mass is 410 g/mol. The zero-order valence-corrected chi connectivity index (χ0v) is 15.8. The molecule has 1 aliphatic rings. The zero-order chi connectivity index (χ0) is 18.6. The predicted octanol–water partition coefficient (Wildman–Crippen LogP) is 2.43. The second kappa shape index (κ2) is 7.74. The van der Waals surface area contributed by atoms with E-state index in [1.165, 1.54) is 26.4 Å². The van der Waals surface area contributed by atoms with Gasteiger partial charge in [0.15, 0.2) is 6.61 Å². The van der Waals surface area contributed by atoms with Gasteiger partial charge in [-0.1, -0.05) is 0 Å². The molecule has 25 heavy (non-hydrogen) atoms. The first kappa shape index (κ1) is 19.1. The number of rotatable bonds is 7. The highest BCUT2D eigenvalue weighted by Crippen LogP contribution is 2.39. The molecule has 1 aromatic carbocycles. The molecule has 7 nitrogen and oxygen atoms in total. The molecule has 0 spiro atoms. The van der Waals surface area contributed by atoms with Crippen molar-refractivity contribution >= 4 is 27.8 Å². The number of carbonyl (C=O) groups is 2. The molecule has 8 heteroatoms. The number of amides is 1. The zero-order valence-electron chi connectivity index (χ0n) is 14.2. The largest absolute Gasteiger partial charge is 0.495 e. The lowest BCUT2D eigenvalue weighted by Crippen LogP contribution is -2.48. The smallest absolute Gasteiger partial charge is 0.338 e. The average Bonchev–Trinajstić information content (AvgIpc) is 3.45.